The van der Waals surface area contributed by atoms with Gasteiger partial charge in [-0.25, -0.2) is 4.39 Å². The van der Waals surface area contributed by atoms with E-state index >= 15 is 0 Å². The second-order valence-corrected chi connectivity index (χ2v) is 5.75. The molecule has 0 radical (unpaired) electrons. The van der Waals surface area contributed by atoms with Gasteiger partial charge in [0.25, 0.3) is 0 Å². The van der Waals surface area contributed by atoms with Gasteiger partial charge in [-0.2, -0.15) is 0 Å². The van der Waals surface area contributed by atoms with Crippen LogP contribution in [0.15, 0.2) is 36.4 Å². The Hall–Kier alpha value is -1.38. The monoisotopic (exact) mass is 305 g/mol. The first kappa shape index (κ1) is 16.0. The molecule has 0 fully saturated rings. The molecule has 1 nitrogen and oxygen atoms in total. The molecule has 0 aliphatic heterocycles. The van der Waals surface area contributed by atoms with Crippen molar-refractivity contribution >= 4 is 11.6 Å². The van der Waals surface area contributed by atoms with Crippen molar-refractivity contribution in [3.05, 3.63) is 69.5 Å². The summed E-state index contributed by atoms with van der Waals surface area (Å²) in [5, 5.41) is 4.21. The number of halogens is 2. The topological polar surface area (TPSA) is 12.0 Å². The zero-order valence-corrected chi connectivity index (χ0v) is 13.5. The Labute approximate surface area is 131 Å². The van der Waals surface area contributed by atoms with Crippen molar-refractivity contribution < 1.29 is 4.39 Å². The van der Waals surface area contributed by atoms with Gasteiger partial charge in [0, 0.05) is 5.02 Å². The summed E-state index contributed by atoms with van der Waals surface area (Å²) in [7, 11) is 0. The fourth-order valence-corrected chi connectivity index (χ4v) is 2.61. The molecule has 3 heteroatoms. The summed E-state index contributed by atoms with van der Waals surface area (Å²) >= 11 is 6.45. The predicted octanol–water partition coefficient (Wildman–Crippen LogP) is 5.18. The molecule has 2 rings (SSSR count). The van der Waals surface area contributed by atoms with Crippen LogP contribution in [0.3, 0.4) is 0 Å². The van der Waals surface area contributed by atoms with Crippen molar-refractivity contribution in [2.75, 3.05) is 6.54 Å². The van der Waals surface area contributed by atoms with E-state index in [9.17, 15) is 4.39 Å². The van der Waals surface area contributed by atoms with Crippen LogP contribution in [-0.4, -0.2) is 6.54 Å². The highest BCUT2D eigenvalue weighted by Crippen LogP contribution is 2.31. The molecule has 0 aromatic heterocycles. The van der Waals surface area contributed by atoms with Crippen LogP contribution < -0.4 is 5.32 Å². The second-order valence-electron chi connectivity index (χ2n) is 5.37. The summed E-state index contributed by atoms with van der Waals surface area (Å²) in [4.78, 5) is 0. The van der Waals surface area contributed by atoms with Crippen LogP contribution in [0.25, 0.3) is 0 Å². The zero-order valence-electron chi connectivity index (χ0n) is 12.7. The third-order valence-electron chi connectivity index (χ3n) is 3.66. The summed E-state index contributed by atoms with van der Waals surface area (Å²) in [5.74, 6) is -0.181. The van der Waals surface area contributed by atoms with E-state index in [0.717, 1.165) is 34.7 Å². The summed E-state index contributed by atoms with van der Waals surface area (Å²) in [5.41, 5.74) is 3.58. The average Bonchev–Trinajstić information content (AvgIpc) is 2.47. The Morgan fingerprint density at radius 3 is 2.57 bits per heavy atom. The molecule has 1 unspecified atom stereocenters. The predicted molar refractivity (Wildman–Crippen MR) is 87.5 cm³/mol. The first-order valence-corrected chi connectivity index (χ1v) is 7.66. The molecule has 0 aliphatic rings. The normalized spacial score (nSPS) is 12.4. The van der Waals surface area contributed by atoms with Gasteiger partial charge in [-0.3, -0.25) is 0 Å². The van der Waals surface area contributed by atoms with E-state index in [1.165, 1.54) is 0 Å². The highest BCUT2D eigenvalue weighted by Gasteiger charge is 2.18. The molecule has 21 heavy (non-hydrogen) atoms. The van der Waals surface area contributed by atoms with Gasteiger partial charge in [0.15, 0.2) is 0 Å². The molecule has 1 atom stereocenters. The van der Waals surface area contributed by atoms with E-state index in [4.69, 9.17) is 11.6 Å². The van der Waals surface area contributed by atoms with Gasteiger partial charge in [-0.15, -0.1) is 0 Å². The van der Waals surface area contributed by atoms with Crippen molar-refractivity contribution in [2.24, 2.45) is 0 Å². The minimum absolute atomic E-state index is 0.0903. The summed E-state index contributed by atoms with van der Waals surface area (Å²) in [6.07, 6.45) is 1.01. The van der Waals surface area contributed by atoms with Gasteiger partial charge in [0.05, 0.1) is 6.04 Å². The maximum atomic E-state index is 13.9. The Morgan fingerprint density at radius 1 is 1.14 bits per heavy atom. The first-order chi connectivity index (χ1) is 10.0. The molecule has 2 aromatic rings. The molecule has 0 spiro atoms. The second kappa shape index (κ2) is 7.06. The van der Waals surface area contributed by atoms with Crippen molar-refractivity contribution in [2.45, 2.75) is 33.2 Å². The van der Waals surface area contributed by atoms with E-state index in [0.29, 0.717) is 5.56 Å². The van der Waals surface area contributed by atoms with Crippen molar-refractivity contribution in [3.8, 4) is 0 Å². The standard InChI is InChI=1S/C18H21ClFN/c1-4-10-21-18(14-9-8-12(2)16(20)11-14)15-7-5-6-13(3)17(15)19/h5-9,11,18,21H,4,10H2,1-3H3. The van der Waals surface area contributed by atoms with Crippen molar-refractivity contribution in [1.82, 2.24) is 5.32 Å². The maximum absolute atomic E-state index is 13.9. The van der Waals surface area contributed by atoms with Gasteiger partial charge < -0.3 is 5.32 Å². The van der Waals surface area contributed by atoms with Crippen LogP contribution in [0.5, 0.6) is 0 Å². The lowest BCUT2D eigenvalue weighted by atomic mass is 9.96. The lowest BCUT2D eigenvalue weighted by Gasteiger charge is -2.22. The Morgan fingerprint density at radius 2 is 1.90 bits per heavy atom. The highest BCUT2D eigenvalue weighted by molar-refractivity contribution is 6.32. The van der Waals surface area contributed by atoms with E-state index in [1.807, 2.05) is 37.3 Å². The van der Waals surface area contributed by atoms with Crippen LogP contribution in [0, 0.1) is 19.7 Å². The number of benzene rings is 2. The van der Waals surface area contributed by atoms with E-state index in [-0.39, 0.29) is 11.9 Å². The Kier molecular flexibility index (Phi) is 5.38. The van der Waals surface area contributed by atoms with Crippen LogP contribution >= 0.6 is 11.6 Å². The van der Waals surface area contributed by atoms with Crippen molar-refractivity contribution in [3.63, 3.8) is 0 Å². The van der Waals surface area contributed by atoms with Gasteiger partial charge in [-0.1, -0.05) is 48.9 Å². The highest BCUT2D eigenvalue weighted by atomic mass is 35.5. The fraction of sp³-hybridized carbons (Fsp3) is 0.333. The van der Waals surface area contributed by atoms with Gasteiger partial charge in [0.1, 0.15) is 5.82 Å². The molecule has 2 aromatic carbocycles. The molecule has 112 valence electrons. The van der Waals surface area contributed by atoms with E-state index in [2.05, 4.69) is 12.2 Å². The van der Waals surface area contributed by atoms with Gasteiger partial charge >= 0.3 is 0 Å². The smallest absolute Gasteiger partial charge is 0.126 e. The largest absolute Gasteiger partial charge is 0.306 e. The molecule has 0 aliphatic carbocycles. The number of nitrogens with one attached hydrogen (secondary N) is 1. The molecule has 0 bridgehead atoms. The molecule has 0 amide bonds. The Balaban J connectivity index is 2.47. The molecule has 0 saturated carbocycles. The zero-order chi connectivity index (χ0) is 15.4. The lowest BCUT2D eigenvalue weighted by Crippen LogP contribution is -2.23. The number of hydrogen-bond acceptors (Lipinski definition) is 1. The minimum atomic E-state index is -0.181. The third kappa shape index (κ3) is 3.63. The van der Waals surface area contributed by atoms with Gasteiger partial charge in [0.2, 0.25) is 0 Å². The summed E-state index contributed by atoms with van der Waals surface area (Å²) in [6, 6.07) is 11.3. The van der Waals surface area contributed by atoms with Gasteiger partial charge in [-0.05, 0) is 55.1 Å². The number of rotatable bonds is 5. The average molecular weight is 306 g/mol. The molecule has 1 N–H and O–H groups in total. The van der Waals surface area contributed by atoms with Crippen LogP contribution in [0.1, 0.15) is 41.6 Å². The quantitative estimate of drug-likeness (QED) is 0.802. The van der Waals surface area contributed by atoms with Crippen LogP contribution in [0.2, 0.25) is 5.02 Å². The Bertz CT molecular complexity index is 625. The molecular formula is C18H21ClFN. The summed E-state index contributed by atoms with van der Waals surface area (Å²) in [6.45, 7) is 6.72. The molecular weight excluding hydrogens is 285 g/mol. The number of hydrogen-bond donors (Lipinski definition) is 1. The minimum Gasteiger partial charge on any atom is -0.306 e. The van der Waals surface area contributed by atoms with E-state index < -0.39 is 0 Å². The van der Waals surface area contributed by atoms with Crippen LogP contribution in [0.4, 0.5) is 4.39 Å². The molecule has 0 heterocycles. The third-order valence-corrected chi connectivity index (χ3v) is 4.18. The number of aryl methyl sites for hydroxylation is 2. The van der Waals surface area contributed by atoms with E-state index in [1.54, 1.807) is 13.0 Å². The molecule has 0 saturated heterocycles. The fourth-order valence-electron chi connectivity index (χ4n) is 2.38. The SMILES string of the molecule is CCCNC(c1ccc(C)c(F)c1)c1cccc(C)c1Cl. The lowest BCUT2D eigenvalue weighted by molar-refractivity contribution is 0.582. The first-order valence-electron chi connectivity index (χ1n) is 7.29. The maximum Gasteiger partial charge on any atom is 0.126 e. The summed E-state index contributed by atoms with van der Waals surface area (Å²) < 4.78 is 13.9. The van der Waals surface area contributed by atoms with Crippen LogP contribution in [-0.2, 0) is 0 Å². The van der Waals surface area contributed by atoms with Crippen molar-refractivity contribution in [1.29, 1.82) is 0 Å².